The lowest BCUT2D eigenvalue weighted by Gasteiger charge is -2.07. The molecule has 0 saturated carbocycles. The van der Waals surface area contributed by atoms with Crippen molar-refractivity contribution in [3.05, 3.63) is 45.2 Å². The lowest BCUT2D eigenvalue weighted by molar-refractivity contribution is -0.122. The van der Waals surface area contributed by atoms with E-state index in [1.165, 1.54) is 6.07 Å². The van der Waals surface area contributed by atoms with E-state index in [9.17, 15) is 9.59 Å². The minimum Gasteiger partial charge on any atom is -0.361 e. The van der Waals surface area contributed by atoms with Gasteiger partial charge in [-0.2, -0.15) is 5.10 Å². The van der Waals surface area contributed by atoms with Gasteiger partial charge in [-0.3, -0.25) is 9.59 Å². The molecule has 2 heterocycles. The molecule has 2 aromatic rings. The first-order chi connectivity index (χ1) is 10.4. The molecule has 0 aliphatic carbocycles. The predicted molar refractivity (Wildman–Crippen MR) is 80.4 cm³/mol. The summed E-state index contributed by atoms with van der Waals surface area (Å²) in [5.41, 5.74) is 1.90. The van der Waals surface area contributed by atoms with E-state index in [2.05, 4.69) is 15.6 Å². The Labute approximate surface area is 128 Å². The van der Waals surface area contributed by atoms with E-state index in [4.69, 9.17) is 4.52 Å². The average Bonchev–Trinajstić information content (AvgIpc) is 2.91. The summed E-state index contributed by atoms with van der Waals surface area (Å²) in [7, 11) is 0. The summed E-state index contributed by atoms with van der Waals surface area (Å²) in [6.45, 7) is 7.75. The summed E-state index contributed by atoms with van der Waals surface area (Å²) >= 11 is 0. The second-order valence-electron chi connectivity index (χ2n) is 5.56. The molecule has 0 atom stereocenters. The van der Waals surface area contributed by atoms with Crippen molar-refractivity contribution in [3.63, 3.8) is 0 Å². The van der Waals surface area contributed by atoms with Crippen LogP contribution in [0.25, 0.3) is 0 Å². The fourth-order valence-corrected chi connectivity index (χ4v) is 1.85. The van der Waals surface area contributed by atoms with E-state index in [-0.39, 0.29) is 30.5 Å². The van der Waals surface area contributed by atoms with E-state index in [0.29, 0.717) is 5.69 Å². The van der Waals surface area contributed by atoms with Crippen molar-refractivity contribution in [2.75, 3.05) is 0 Å². The Morgan fingerprint density at radius 1 is 1.36 bits per heavy atom. The maximum Gasteiger partial charge on any atom is 0.267 e. The van der Waals surface area contributed by atoms with Gasteiger partial charge in [-0.05, 0) is 19.4 Å². The molecule has 118 valence electrons. The number of hydrogen-bond donors (Lipinski definition) is 1. The molecule has 7 heteroatoms. The van der Waals surface area contributed by atoms with Crippen molar-refractivity contribution in [2.45, 2.75) is 46.7 Å². The highest BCUT2D eigenvalue weighted by Crippen LogP contribution is 2.14. The van der Waals surface area contributed by atoms with Crippen molar-refractivity contribution < 1.29 is 9.32 Å². The molecule has 0 radical (unpaired) electrons. The summed E-state index contributed by atoms with van der Waals surface area (Å²) < 4.78 is 6.31. The highest BCUT2D eigenvalue weighted by atomic mass is 16.5. The van der Waals surface area contributed by atoms with E-state index in [1.807, 2.05) is 26.8 Å². The second-order valence-corrected chi connectivity index (χ2v) is 5.56. The van der Waals surface area contributed by atoms with Gasteiger partial charge in [-0.15, -0.1) is 0 Å². The van der Waals surface area contributed by atoms with Crippen LogP contribution in [0.5, 0.6) is 0 Å². The zero-order chi connectivity index (χ0) is 16.3. The zero-order valence-corrected chi connectivity index (χ0v) is 13.2. The Kier molecular flexibility index (Phi) is 4.75. The molecule has 1 amide bonds. The summed E-state index contributed by atoms with van der Waals surface area (Å²) in [6.07, 6.45) is 0. The number of nitrogens with zero attached hydrogens (tertiary/aromatic N) is 3. The number of amides is 1. The van der Waals surface area contributed by atoms with Crippen molar-refractivity contribution in [1.29, 1.82) is 0 Å². The van der Waals surface area contributed by atoms with Crippen molar-refractivity contribution in [3.8, 4) is 0 Å². The number of aromatic nitrogens is 3. The molecule has 0 fully saturated rings. The summed E-state index contributed by atoms with van der Waals surface area (Å²) in [4.78, 5) is 23.7. The second kappa shape index (κ2) is 6.55. The summed E-state index contributed by atoms with van der Waals surface area (Å²) in [6, 6.07) is 3.29. The molecule has 22 heavy (non-hydrogen) atoms. The predicted octanol–water partition coefficient (Wildman–Crippen LogP) is 1.29. The van der Waals surface area contributed by atoms with Crippen molar-refractivity contribution >= 4 is 5.91 Å². The van der Waals surface area contributed by atoms with Gasteiger partial charge in [0.1, 0.15) is 18.0 Å². The first-order valence-electron chi connectivity index (χ1n) is 7.14. The molecular formula is C15H20N4O3. The van der Waals surface area contributed by atoms with Gasteiger partial charge in [0.15, 0.2) is 0 Å². The fourth-order valence-electron chi connectivity index (χ4n) is 1.85. The highest BCUT2D eigenvalue weighted by molar-refractivity contribution is 5.75. The third-order valence-electron chi connectivity index (χ3n) is 3.34. The third-order valence-corrected chi connectivity index (χ3v) is 3.34. The lowest BCUT2D eigenvalue weighted by atomic mass is 10.1. The van der Waals surface area contributed by atoms with Crippen LogP contribution in [-0.4, -0.2) is 20.8 Å². The largest absolute Gasteiger partial charge is 0.361 e. The monoisotopic (exact) mass is 304 g/mol. The van der Waals surface area contributed by atoms with Crippen LogP contribution < -0.4 is 10.9 Å². The van der Waals surface area contributed by atoms with Crippen LogP contribution in [0.2, 0.25) is 0 Å². The third kappa shape index (κ3) is 3.81. The van der Waals surface area contributed by atoms with E-state index >= 15 is 0 Å². The molecule has 0 spiro atoms. The van der Waals surface area contributed by atoms with Crippen LogP contribution in [0, 0.1) is 13.8 Å². The first-order valence-corrected chi connectivity index (χ1v) is 7.14. The minimum atomic E-state index is -0.299. The zero-order valence-electron chi connectivity index (χ0n) is 13.2. The van der Waals surface area contributed by atoms with E-state index in [0.717, 1.165) is 21.7 Å². The molecule has 1 N–H and O–H groups in total. The smallest absolute Gasteiger partial charge is 0.267 e. The van der Waals surface area contributed by atoms with Crippen LogP contribution in [0.3, 0.4) is 0 Å². The van der Waals surface area contributed by atoms with Gasteiger partial charge in [0.05, 0.1) is 12.2 Å². The number of carbonyl (C=O) groups is 1. The molecule has 0 aliphatic rings. The maximum atomic E-state index is 11.9. The van der Waals surface area contributed by atoms with Gasteiger partial charge >= 0.3 is 0 Å². The molecule has 0 saturated heterocycles. The SMILES string of the molecule is Cc1cc(=O)n(CC(=O)NCc2cc(C(C)C)on2)nc1C. The maximum absolute atomic E-state index is 11.9. The van der Waals surface area contributed by atoms with Crippen molar-refractivity contribution in [2.24, 2.45) is 0 Å². The standard InChI is InChI=1S/C15H20N4O3/c1-9(2)13-6-12(18-22-13)7-16-14(20)8-19-15(21)5-10(3)11(4)17-19/h5-6,9H,7-8H2,1-4H3,(H,16,20). The fraction of sp³-hybridized carbons (Fsp3) is 0.467. The topological polar surface area (TPSA) is 90.0 Å². The molecule has 2 rings (SSSR count). The molecule has 0 bridgehead atoms. The Balaban J connectivity index is 1.95. The number of hydrogen-bond acceptors (Lipinski definition) is 5. The lowest BCUT2D eigenvalue weighted by Crippen LogP contribution is -2.33. The summed E-state index contributed by atoms with van der Waals surface area (Å²) in [5, 5.41) is 10.7. The quantitative estimate of drug-likeness (QED) is 0.899. The van der Waals surface area contributed by atoms with Gasteiger partial charge in [0, 0.05) is 18.1 Å². The Morgan fingerprint density at radius 3 is 2.73 bits per heavy atom. The molecular weight excluding hydrogens is 284 g/mol. The van der Waals surface area contributed by atoms with Gasteiger partial charge in [0.2, 0.25) is 5.91 Å². The van der Waals surface area contributed by atoms with Crippen LogP contribution in [0.15, 0.2) is 21.5 Å². The average molecular weight is 304 g/mol. The van der Waals surface area contributed by atoms with Crippen LogP contribution in [0.4, 0.5) is 0 Å². The number of carbonyl (C=O) groups excluding carboxylic acids is 1. The normalized spacial score (nSPS) is 11.0. The Bertz CT molecular complexity index is 731. The van der Waals surface area contributed by atoms with Crippen LogP contribution in [0.1, 0.15) is 42.5 Å². The van der Waals surface area contributed by atoms with E-state index in [1.54, 1.807) is 6.92 Å². The Hall–Kier alpha value is -2.44. The molecule has 2 aromatic heterocycles. The van der Waals surface area contributed by atoms with Crippen LogP contribution >= 0.6 is 0 Å². The van der Waals surface area contributed by atoms with E-state index < -0.39 is 0 Å². The van der Waals surface area contributed by atoms with Gasteiger partial charge in [0.25, 0.3) is 5.56 Å². The molecule has 7 nitrogen and oxygen atoms in total. The van der Waals surface area contributed by atoms with Gasteiger partial charge < -0.3 is 9.84 Å². The Morgan fingerprint density at radius 2 is 2.09 bits per heavy atom. The number of rotatable bonds is 5. The molecule has 0 unspecified atom stereocenters. The first kappa shape index (κ1) is 15.9. The van der Waals surface area contributed by atoms with Gasteiger partial charge in [-0.25, -0.2) is 4.68 Å². The summed E-state index contributed by atoms with van der Waals surface area (Å²) in [5.74, 6) is 0.721. The van der Waals surface area contributed by atoms with Gasteiger partial charge in [-0.1, -0.05) is 19.0 Å². The van der Waals surface area contributed by atoms with Crippen molar-refractivity contribution in [1.82, 2.24) is 20.3 Å². The van der Waals surface area contributed by atoms with Crippen LogP contribution in [-0.2, 0) is 17.9 Å². The number of aryl methyl sites for hydroxylation is 2. The highest BCUT2D eigenvalue weighted by Gasteiger charge is 2.10. The minimum absolute atomic E-state index is 0.116. The molecule has 0 aromatic carbocycles. The number of nitrogens with one attached hydrogen (secondary N) is 1. The molecule has 0 aliphatic heterocycles.